The van der Waals surface area contributed by atoms with Gasteiger partial charge in [0.15, 0.2) is 23.6 Å². The van der Waals surface area contributed by atoms with E-state index in [4.69, 9.17) is 10.3 Å². The lowest BCUT2D eigenvalue weighted by Gasteiger charge is -2.44. The molecule has 3 N–H and O–H groups in total. The quantitative estimate of drug-likeness (QED) is 0.271. The summed E-state index contributed by atoms with van der Waals surface area (Å²) in [5.41, 5.74) is 8.96. The maximum absolute atomic E-state index is 14.4. The summed E-state index contributed by atoms with van der Waals surface area (Å²) in [4.78, 5) is 54.1. The Labute approximate surface area is 248 Å². The molecule has 11 nitrogen and oxygen atoms in total. The number of aromatic nitrogens is 2. The summed E-state index contributed by atoms with van der Waals surface area (Å²) in [7, 11) is 0. The van der Waals surface area contributed by atoms with Crippen molar-refractivity contribution in [1.29, 1.82) is 0 Å². The number of fused-ring (bicyclic) bond motifs is 1. The largest absolute Gasteiger partial charge is 0.387 e. The SMILES string of the molecule is Cc1cccc(Cc2onnc2C(O)C[C@@H](C)CC(C(N)=O)[N+]2(C(=O)c3ccccc3)C[N+](=O)C=C3C=CCC(=O)C32)c1. The zero-order valence-corrected chi connectivity index (χ0v) is 24.1. The van der Waals surface area contributed by atoms with Crippen LogP contribution in [-0.2, 0) is 16.0 Å². The van der Waals surface area contributed by atoms with Gasteiger partial charge in [-0.3, -0.25) is 9.59 Å². The van der Waals surface area contributed by atoms with Crippen LogP contribution in [0.4, 0.5) is 0 Å². The lowest BCUT2D eigenvalue weighted by atomic mass is 9.84. The minimum atomic E-state index is -1.24. The van der Waals surface area contributed by atoms with Crippen molar-refractivity contribution >= 4 is 17.6 Å². The van der Waals surface area contributed by atoms with Crippen molar-refractivity contribution in [2.45, 2.75) is 57.7 Å². The van der Waals surface area contributed by atoms with Crippen molar-refractivity contribution < 1.29 is 33.3 Å². The molecule has 2 aliphatic rings. The van der Waals surface area contributed by atoms with Crippen molar-refractivity contribution in [2.75, 3.05) is 6.67 Å². The predicted molar refractivity (Wildman–Crippen MR) is 155 cm³/mol. The highest BCUT2D eigenvalue weighted by atomic mass is 16.5. The summed E-state index contributed by atoms with van der Waals surface area (Å²) in [6.07, 6.45) is 4.12. The van der Waals surface area contributed by atoms with Gasteiger partial charge in [0.1, 0.15) is 11.8 Å². The van der Waals surface area contributed by atoms with Crippen LogP contribution in [0, 0.1) is 17.7 Å². The third-order valence-electron chi connectivity index (χ3n) is 8.26. The van der Waals surface area contributed by atoms with Gasteiger partial charge < -0.3 is 15.4 Å². The molecule has 0 spiro atoms. The summed E-state index contributed by atoms with van der Waals surface area (Å²) in [6, 6.07) is 13.9. The second kappa shape index (κ2) is 12.3. The third kappa shape index (κ3) is 5.99. The molecule has 0 radical (unpaired) electrons. The summed E-state index contributed by atoms with van der Waals surface area (Å²) in [6.45, 7) is 3.34. The van der Waals surface area contributed by atoms with Crippen LogP contribution in [-0.4, -0.2) is 61.1 Å². The Balaban J connectivity index is 1.46. The van der Waals surface area contributed by atoms with Crippen LogP contribution in [0.15, 0.2) is 83.0 Å². The monoisotopic (exact) mass is 585 g/mol. The molecule has 1 aliphatic heterocycles. The smallest absolute Gasteiger partial charge is 0.352 e. The topological polar surface area (TPSA) is 156 Å². The number of carbonyl (C=O) groups is 3. The van der Waals surface area contributed by atoms with Crippen molar-refractivity contribution in [1.82, 2.24) is 10.4 Å². The minimum Gasteiger partial charge on any atom is -0.387 e. The van der Waals surface area contributed by atoms with Crippen LogP contribution >= 0.6 is 0 Å². The molecule has 3 aromatic rings. The van der Waals surface area contributed by atoms with Gasteiger partial charge in [0.2, 0.25) is 6.20 Å². The van der Waals surface area contributed by atoms with Crippen LogP contribution in [0.5, 0.6) is 0 Å². The van der Waals surface area contributed by atoms with Gasteiger partial charge >= 0.3 is 12.6 Å². The van der Waals surface area contributed by atoms with Crippen LogP contribution in [0.2, 0.25) is 0 Å². The zero-order valence-electron chi connectivity index (χ0n) is 24.1. The Morgan fingerprint density at radius 1 is 1.16 bits per heavy atom. The number of allylic oxidation sites excluding steroid dienone is 1. The normalized spacial score (nSPS) is 21.9. The number of amides is 2. The van der Waals surface area contributed by atoms with E-state index in [2.05, 4.69) is 10.4 Å². The average molecular weight is 586 g/mol. The molecule has 4 unspecified atom stereocenters. The highest BCUT2D eigenvalue weighted by molar-refractivity contribution is 5.97. The summed E-state index contributed by atoms with van der Waals surface area (Å²) >= 11 is 0. The van der Waals surface area contributed by atoms with Crippen LogP contribution < -0.4 is 5.73 Å². The summed E-state index contributed by atoms with van der Waals surface area (Å²) in [5, 5.41) is 18.9. The lowest BCUT2D eigenvalue weighted by molar-refractivity contribution is -0.953. The molecule has 5 rings (SSSR count). The van der Waals surface area contributed by atoms with Gasteiger partial charge in [0, 0.05) is 29.4 Å². The van der Waals surface area contributed by atoms with E-state index in [0.717, 1.165) is 11.1 Å². The van der Waals surface area contributed by atoms with Gasteiger partial charge in [-0.05, 0) is 43.0 Å². The number of benzene rings is 2. The number of nitrogens with two attached hydrogens (primary N) is 1. The van der Waals surface area contributed by atoms with E-state index in [0.29, 0.717) is 22.5 Å². The molecule has 1 aliphatic carbocycles. The van der Waals surface area contributed by atoms with Gasteiger partial charge in [0.25, 0.3) is 5.91 Å². The molecule has 0 saturated carbocycles. The number of ketones is 1. The summed E-state index contributed by atoms with van der Waals surface area (Å²) in [5.74, 6) is -1.60. The van der Waals surface area contributed by atoms with Crippen molar-refractivity contribution in [3.63, 3.8) is 0 Å². The molecule has 2 heterocycles. The molecule has 0 bridgehead atoms. The van der Waals surface area contributed by atoms with Crippen molar-refractivity contribution in [3.8, 4) is 0 Å². The number of hydrogen-bond acceptors (Lipinski definition) is 8. The number of nitroso groups, excluding NO2 is 1. The van der Waals surface area contributed by atoms with Crippen LogP contribution in [0.1, 0.15) is 65.2 Å². The number of Topliss-reactive ketones (excluding diaryl/α,β-unsaturated/α-hetero) is 1. The molecule has 0 fully saturated rings. The molecular weight excluding hydrogens is 550 g/mol. The third-order valence-corrected chi connectivity index (χ3v) is 8.26. The predicted octanol–water partition coefficient (Wildman–Crippen LogP) is 3.46. The van der Waals surface area contributed by atoms with E-state index in [1.54, 1.807) is 42.5 Å². The maximum Gasteiger partial charge on any atom is 0.352 e. The molecule has 5 atom stereocenters. The second-order valence-corrected chi connectivity index (χ2v) is 11.5. The molecule has 1 aromatic heterocycles. The van der Waals surface area contributed by atoms with E-state index in [1.165, 1.54) is 6.20 Å². The Bertz CT molecular complexity index is 1610. The van der Waals surface area contributed by atoms with Crippen LogP contribution in [0.25, 0.3) is 0 Å². The fourth-order valence-electron chi connectivity index (χ4n) is 6.38. The Morgan fingerprint density at radius 2 is 1.93 bits per heavy atom. The number of nitrogens with zero attached hydrogens (tertiary/aromatic N) is 4. The molecule has 43 heavy (non-hydrogen) atoms. The van der Waals surface area contributed by atoms with E-state index in [1.807, 2.05) is 38.1 Å². The first-order valence-electron chi connectivity index (χ1n) is 14.3. The van der Waals surface area contributed by atoms with Gasteiger partial charge in [-0.25, -0.2) is 4.79 Å². The standard InChI is InChI=1S/C32H34N5O6/c1-20-8-6-9-22(14-20)17-28-29(34-35-43-28)27(39)16-21(2)15-25(31(33)40)37(32(41)23-10-4-3-5-11-23)19-36(42)18-24-12-7-13-26(38)30(24)37/h3-12,14,18,21,25,27,30,39H,13,15-17,19H2,1-2H3,(H-,33,40)/q+1/p+1/t21-,25?,27?,30?,37?/m0/s1. The number of rotatable bonds is 10. The highest BCUT2D eigenvalue weighted by Gasteiger charge is 2.63. The molecule has 11 heteroatoms. The van der Waals surface area contributed by atoms with Gasteiger partial charge in [-0.2, -0.15) is 4.48 Å². The number of aryl methyl sites for hydroxylation is 1. The number of quaternary nitrogens is 1. The lowest BCUT2D eigenvalue weighted by Crippen LogP contribution is -2.73. The van der Waals surface area contributed by atoms with E-state index >= 15 is 0 Å². The number of aliphatic hydroxyl groups is 1. The fraction of sp³-hybridized carbons (Fsp3) is 0.344. The Hall–Kier alpha value is -4.61. The minimum absolute atomic E-state index is 0.0259. The summed E-state index contributed by atoms with van der Waals surface area (Å²) < 4.78 is 5.18. The molecule has 2 amide bonds. The number of aliphatic hydroxyl groups excluding tert-OH is 1. The van der Waals surface area contributed by atoms with Crippen molar-refractivity contribution in [2.24, 2.45) is 11.7 Å². The Kier molecular flexibility index (Phi) is 8.56. The second-order valence-electron chi connectivity index (χ2n) is 11.5. The first-order chi connectivity index (χ1) is 20.6. The first-order valence-corrected chi connectivity index (χ1v) is 14.3. The van der Waals surface area contributed by atoms with E-state index in [-0.39, 0.29) is 36.3 Å². The average Bonchev–Trinajstić information content (AvgIpc) is 3.43. The number of primary amides is 1. The zero-order chi connectivity index (χ0) is 30.7. The van der Waals surface area contributed by atoms with Gasteiger partial charge in [-0.15, -0.1) is 5.10 Å². The molecule has 0 saturated heterocycles. The maximum atomic E-state index is 14.4. The highest BCUT2D eigenvalue weighted by Crippen LogP contribution is 2.38. The van der Waals surface area contributed by atoms with E-state index in [9.17, 15) is 24.4 Å². The molecule has 222 valence electrons. The van der Waals surface area contributed by atoms with Crippen molar-refractivity contribution in [3.05, 3.63) is 112 Å². The van der Waals surface area contributed by atoms with E-state index < -0.39 is 47.1 Å². The molecule has 2 aromatic carbocycles. The van der Waals surface area contributed by atoms with Gasteiger partial charge in [0.05, 0.1) is 15.9 Å². The van der Waals surface area contributed by atoms with Gasteiger partial charge in [-0.1, -0.05) is 61.0 Å². The Morgan fingerprint density at radius 3 is 2.65 bits per heavy atom. The number of carbonyl (C=O) groups excluding carboxylic acids is 3. The fourth-order valence-corrected chi connectivity index (χ4v) is 6.38. The van der Waals surface area contributed by atoms with Crippen LogP contribution in [0.3, 0.4) is 0 Å². The first kappa shape index (κ1) is 29.9. The number of hydrogen-bond donors (Lipinski definition) is 2. The molecular formula is C32H35N5O6+2.